The number of rotatable bonds is 3. The van der Waals surface area contributed by atoms with Crippen LogP contribution in [-0.4, -0.2) is 83.8 Å². The molecule has 0 aromatic heterocycles. The molecule has 2 saturated heterocycles. The van der Waals surface area contributed by atoms with Crippen LogP contribution in [0, 0.1) is 0 Å². The molecule has 1 amide bonds. The number of likely N-dealkylation sites (tertiary alicyclic amines) is 1. The van der Waals surface area contributed by atoms with Crippen molar-refractivity contribution in [1.82, 2.24) is 14.7 Å². The third kappa shape index (κ3) is 4.03. The monoisotopic (exact) mass is 338 g/mol. The van der Waals surface area contributed by atoms with Crippen LogP contribution < -0.4 is 5.73 Å². The van der Waals surface area contributed by atoms with Gasteiger partial charge < -0.3 is 15.4 Å². The van der Waals surface area contributed by atoms with E-state index in [2.05, 4.69) is 9.80 Å². The molecule has 24 heavy (non-hydrogen) atoms. The SMILES string of the molecule is CC(C)(C)OC(=O)N1CCC(CN)(N2CCN(C3CC3)CC2)CC1. The summed E-state index contributed by atoms with van der Waals surface area (Å²) in [5.74, 6) is 0. The molecule has 1 aliphatic carbocycles. The predicted octanol–water partition coefficient (Wildman–Crippen LogP) is 1.49. The summed E-state index contributed by atoms with van der Waals surface area (Å²) in [4.78, 5) is 19.3. The Morgan fingerprint density at radius 1 is 1.08 bits per heavy atom. The average molecular weight is 338 g/mol. The van der Waals surface area contributed by atoms with E-state index in [-0.39, 0.29) is 11.6 Å². The molecule has 0 bridgehead atoms. The summed E-state index contributed by atoms with van der Waals surface area (Å²) >= 11 is 0. The number of hydrogen-bond acceptors (Lipinski definition) is 5. The third-order valence-corrected chi connectivity index (χ3v) is 5.77. The molecular formula is C18H34N4O2. The zero-order valence-electron chi connectivity index (χ0n) is 15.6. The predicted molar refractivity (Wildman–Crippen MR) is 95.0 cm³/mol. The van der Waals surface area contributed by atoms with Gasteiger partial charge in [0.1, 0.15) is 5.60 Å². The van der Waals surface area contributed by atoms with Crippen LogP contribution in [0.2, 0.25) is 0 Å². The van der Waals surface area contributed by atoms with Crippen molar-refractivity contribution in [3.63, 3.8) is 0 Å². The number of ether oxygens (including phenoxy) is 1. The Bertz CT molecular complexity index is 442. The Morgan fingerprint density at radius 2 is 1.67 bits per heavy atom. The third-order valence-electron chi connectivity index (χ3n) is 5.77. The summed E-state index contributed by atoms with van der Waals surface area (Å²) in [6, 6.07) is 0.856. The minimum atomic E-state index is -0.432. The first kappa shape index (κ1) is 18.0. The minimum absolute atomic E-state index is 0.0636. The van der Waals surface area contributed by atoms with E-state index in [0.29, 0.717) is 6.54 Å². The number of carbonyl (C=O) groups is 1. The van der Waals surface area contributed by atoms with Crippen LogP contribution in [0.1, 0.15) is 46.5 Å². The van der Waals surface area contributed by atoms with Crippen molar-refractivity contribution in [2.75, 3.05) is 45.8 Å². The standard InChI is InChI=1S/C18H34N4O2/c1-17(2,3)24-16(23)21-8-6-18(14-19,7-9-21)22-12-10-20(11-13-22)15-4-5-15/h15H,4-14,19H2,1-3H3. The number of amides is 1. The first-order valence-corrected chi connectivity index (χ1v) is 9.50. The highest BCUT2D eigenvalue weighted by molar-refractivity contribution is 5.68. The van der Waals surface area contributed by atoms with Gasteiger partial charge in [-0.25, -0.2) is 4.79 Å². The Balaban J connectivity index is 1.53. The molecule has 3 fully saturated rings. The molecule has 0 aromatic carbocycles. The van der Waals surface area contributed by atoms with Crippen molar-refractivity contribution >= 4 is 6.09 Å². The number of piperazine rings is 1. The highest BCUT2D eigenvalue weighted by Crippen LogP contribution is 2.32. The first-order valence-electron chi connectivity index (χ1n) is 9.50. The molecule has 2 N–H and O–H groups in total. The van der Waals surface area contributed by atoms with Gasteiger partial charge in [0.2, 0.25) is 0 Å². The summed E-state index contributed by atoms with van der Waals surface area (Å²) in [6.07, 6.45) is 4.48. The maximum absolute atomic E-state index is 12.3. The van der Waals surface area contributed by atoms with Crippen LogP contribution in [0.25, 0.3) is 0 Å². The van der Waals surface area contributed by atoms with E-state index in [4.69, 9.17) is 10.5 Å². The molecule has 0 spiro atoms. The van der Waals surface area contributed by atoms with Crippen LogP contribution in [0.3, 0.4) is 0 Å². The largest absolute Gasteiger partial charge is 0.444 e. The van der Waals surface area contributed by atoms with Crippen LogP contribution in [0.4, 0.5) is 4.79 Å². The Hall–Kier alpha value is -0.850. The van der Waals surface area contributed by atoms with Crippen LogP contribution in [0.15, 0.2) is 0 Å². The summed E-state index contributed by atoms with van der Waals surface area (Å²) in [6.45, 7) is 12.5. The Kier molecular flexibility index (Phi) is 5.09. The lowest BCUT2D eigenvalue weighted by molar-refractivity contribution is -0.0203. The molecule has 0 atom stereocenters. The number of piperidine rings is 1. The van der Waals surface area contributed by atoms with Gasteiger partial charge in [0.15, 0.2) is 0 Å². The van der Waals surface area contributed by atoms with E-state index in [9.17, 15) is 4.79 Å². The molecule has 0 unspecified atom stereocenters. The second-order valence-electron chi connectivity index (χ2n) is 8.65. The topological polar surface area (TPSA) is 62.0 Å². The van der Waals surface area contributed by atoms with Crippen molar-refractivity contribution in [2.24, 2.45) is 5.73 Å². The second-order valence-corrected chi connectivity index (χ2v) is 8.65. The first-order chi connectivity index (χ1) is 11.3. The number of nitrogens with two attached hydrogens (primary N) is 1. The molecule has 0 aromatic rings. The van der Waals surface area contributed by atoms with Gasteiger partial charge in [0, 0.05) is 57.4 Å². The molecule has 6 nitrogen and oxygen atoms in total. The quantitative estimate of drug-likeness (QED) is 0.845. The lowest BCUT2D eigenvalue weighted by atomic mass is 9.85. The van der Waals surface area contributed by atoms with Gasteiger partial charge in [-0.05, 0) is 46.5 Å². The molecule has 2 heterocycles. The van der Waals surface area contributed by atoms with Crippen molar-refractivity contribution in [3.05, 3.63) is 0 Å². The van der Waals surface area contributed by atoms with Crippen molar-refractivity contribution in [2.45, 2.75) is 63.6 Å². The van der Waals surface area contributed by atoms with Gasteiger partial charge in [-0.2, -0.15) is 0 Å². The van der Waals surface area contributed by atoms with Gasteiger partial charge >= 0.3 is 6.09 Å². The Morgan fingerprint density at radius 3 is 2.12 bits per heavy atom. The lowest BCUT2D eigenvalue weighted by Crippen LogP contribution is -2.64. The van der Waals surface area contributed by atoms with Gasteiger partial charge in [-0.15, -0.1) is 0 Å². The van der Waals surface area contributed by atoms with E-state index >= 15 is 0 Å². The van der Waals surface area contributed by atoms with Crippen LogP contribution in [0.5, 0.6) is 0 Å². The minimum Gasteiger partial charge on any atom is -0.444 e. The number of nitrogens with zero attached hydrogens (tertiary/aromatic N) is 3. The summed E-state index contributed by atoms with van der Waals surface area (Å²) in [7, 11) is 0. The maximum atomic E-state index is 12.3. The van der Waals surface area contributed by atoms with Gasteiger partial charge in [-0.3, -0.25) is 9.80 Å². The average Bonchev–Trinajstić information content (AvgIpc) is 3.38. The maximum Gasteiger partial charge on any atom is 0.410 e. The fourth-order valence-electron chi connectivity index (χ4n) is 4.08. The molecular weight excluding hydrogens is 304 g/mol. The number of carbonyl (C=O) groups excluding carboxylic acids is 1. The molecule has 3 rings (SSSR count). The fraction of sp³-hybridized carbons (Fsp3) is 0.944. The molecule has 138 valence electrons. The van der Waals surface area contributed by atoms with Crippen LogP contribution >= 0.6 is 0 Å². The normalized spacial score (nSPS) is 26.4. The summed E-state index contributed by atoms with van der Waals surface area (Å²) in [5.41, 5.74) is 5.84. The van der Waals surface area contributed by atoms with Crippen molar-refractivity contribution in [1.29, 1.82) is 0 Å². The molecule has 6 heteroatoms. The summed E-state index contributed by atoms with van der Waals surface area (Å²) < 4.78 is 5.51. The van der Waals surface area contributed by atoms with E-state index in [1.807, 2.05) is 25.7 Å². The van der Waals surface area contributed by atoms with Crippen molar-refractivity contribution in [3.8, 4) is 0 Å². The van der Waals surface area contributed by atoms with Crippen molar-refractivity contribution < 1.29 is 9.53 Å². The second kappa shape index (κ2) is 6.81. The Labute approximate surface area is 146 Å². The zero-order valence-corrected chi connectivity index (χ0v) is 15.6. The zero-order chi connectivity index (χ0) is 17.4. The van der Waals surface area contributed by atoms with E-state index in [1.165, 1.54) is 25.9 Å². The van der Waals surface area contributed by atoms with E-state index in [0.717, 1.165) is 45.1 Å². The smallest absolute Gasteiger partial charge is 0.410 e. The van der Waals surface area contributed by atoms with Gasteiger partial charge in [0.25, 0.3) is 0 Å². The molecule has 0 radical (unpaired) electrons. The molecule has 3 aliphatic rings. The van der Waals surface area contributed by atoms with E-state index in [1.54, 1.807) is 0 Å². The number of hydrogen-bond donors (Lipinski definition) is 1. The lowest BCUT2D eigenvalue weighted by Gasteiger charge is -2.51. The highest BCUT2D eigenvalue weighted by Gasteiger charge is 2.42. The van der Waals surface area contributed by atoms with E-state index < -0.39 is 5.60 Å². The summed E-state index contributed by atoms with van der Waals surface area (Å²) in [5, 5.41) is 0. The molecule has 1 saturated carbocycles. The van der Waals surface area contributed by atoms with Crippen LogP contribution in [-0.2, 0) is 4.74 Å². The fourth-order valence-corrected chi connectivity index (χ4v) is 4.08. The molecule has 2 aliphatic heterocycles. The highest BCUT2D eigenvalue weighted by atomic mass is 16.6. The van der Waals surface area contributed by atoms with Gasteiger partial charge in [-0.1, -0.05) is 0 Å². The van der Waals surface area contributed by atoms with Gasteiger partial charge in [0.05, 0.1) is 0 Å².